The zero-order chi connectivity index (χ0) is 25.7. The van der Waals surface area contributed by atoms with Crippen LogP contribution in [0.5, 0.6) is 5.88 Å². The fourth-order valence-electron chi connectivity index (χ4n) is 3.30. The average molecular weight is 511 g/mol. The normalized spacial score (nSPS) is 12.1. The first-order valence-corrected chi connectivity index (χ1v) is 11.7. The zero-order valence-corrected chi connectivity index (χ0v) is 21.2. The lowest BCUT2D eigenvalue weighted by Crippen LogP contribution is -2.32. The Morgan fingerprint density at radius 1 is 1.14 bits per heavy atom. The van der Waals surface area contributed by atoms with Crippen LogP contribution >= 0.6 is 11.6 Å². The quantitative estimate of drug-likeness (QED) is 0.342. The van der Waals surface area contributed by atoms with Crippen LogP contribution in [-0.4, -0.2) is 80.0 Å². The van der Waals surface area contributed by atoms with Crippen molar-refractivity contribution in [2.24, 2.45) is 0 Å². The number of aromatic nitrogens is 6. The van der Waals surface area contributed by atoms with Gasteiger partial charge in [-0.3, -0.25) is 4.79 Å². The molecule has 0 aliphatic heterocycles. The van der Waals surface area contributed by atoms with Gasteiger partial charge in [0.15, 0.2) is 11.5 Å². The van der Waals surface area contributed by atoms with Crippen LogP contribution in [0.2, 0.25) is 5.02 Å². The highest BCUT2D eigenvalue weighted by Crippen LogP contribution is 2.26. The van der Waals surface area contributed by atoms with E-state index in [0.29, 0.717) is 52.3 Å². The molecule has 4 rings (SSSR count). The zero-order valence-electron chi connectivity index (χ0n) is 20.4. The van der Waals surface area contributed by atoms with Gasteiger partial charge in [-0.05, 0) is 38.1 Å². The summed E-state index contributed by atoms with van der Waals surface area (Å²) in [5.41, 5.74) is 1.02. The molecule has 0 fully saturated rings. The van der Waals surface area contributed by atoms with E-state index >= 15 is 0 Å². The fraction of sp³-hybridized carbons (Fsp3) is 0.333. The van der Waals surface area contributed by atoms with Gasteiger partial charge in [0.25, 0.3) is 5.91 Å². The third-order valence-corrected chi connectivity index (χ3v) is 5.39. The summed E-state index contributed by atoms with van der Waals surface area (Å²) in [5.74, 6) is 1.31. The highest BCUT2D eigenvalue weighted by atomic mass is 35.5. The van der Waals surface area contributed by atoms with Gasteiger partial charge in [0.1, 0.15) is 23.6 Å². The summed E-state index contributed by atoms with van der Waals surface area (Å²) >= 11 is 6.30. The number of nitrogens with one attached hydrogen (secondary N) is 1. The maximum absolute atomic E-state index is 12.1. The Balaban J connectivity index is 1.53. The van der Waals surface area contributed by atoms with Crippen LogP contribution in [0.15, 0.2) is 49.2 Å². The first kappa shape index (κ1) is 25.3. The van der Waals surface area contributed by atoms with Gasteiger partial charge in [-0.15, -0.1) is 0 Å². The van der Waals surface area contributed by atoms with Crippen molar-refractivity contribution in [2.75, 3.05) is 32.6 Å². The Bertz CT molecular complexity index is 1330. The number of carbonyl (C=O) groups is 1. The van der Waals surface area contributed by atoms with Crippen molar-refractivity contribution in [1.82, 2.24) is 34.6 Å². The maximum Gasteiger partial charge on any atom is 0.254 e. The molecule has 12 heteroatoms. The first-order valence-electron chi connectivity index (χ1n) is 11.3. The van der Waals surface area contributed by atoms with E-state index in [9.17, 15) is 4.79 Å². The van der Waals surface area contributed by atoms with Gasteiger partial charge in [0.2, 0.25) is 5.88 Å². The molecule has 4 aromatic heterocycles. The molecule has 0 unspecified atom stereocenters. The molecular formula is C24H27ClN8O3. The van der Waals surface area contributed by atoms with E-state index in [1.165, 1.54) is 17.4 Å². The molecule has 188 valence electrons. The average Bonchev–Trinajstić information content (AvgIpc) is 3.30. The molecule has 0 aromatic carbocycles. The number of amides is 1. The van der Waals surface area contributed by atoms with Crippen molar-refractivity contribution in [3.8, 4) is 11.7 Å². The van der Waals surface area contributed by atoms with E-state index in [2.05, 4.69) is 30.4 Å². The van der Waals surface area contributed by atoms with Gasteiger partial charge in [-0.1, -0.05) is 11.6 Å². The van der Waals surface area contributed by atoms with Crippen LogP contribution in [0.3, 0.4) is 0 Å². The second-order valence-corrected chi connectivity index (χ2v) is 8.82. The number of nitrogens with zero attached hydrogens (tertiary/aromatic N) is 7. The Morgan fingerprint density at radius 2 is 1.97 bits per heavy atom. The number of pyridine rings is 2. The van der Waals surface area contributed by atoms with Crippen molar-refractivity contribution in [3.63, 3.8) is 0 Å². The summed E-state index contributed by atoms with van der Waals surface area (Å²) in [7, 11) is 3.40. The predicted molar refractivity (Wildman–Crippen MR) is 136 cm³/mol. The van der Waals surface area contributed by atoms with Crippen LogP contribution in [0.1, 0.15) is 24.2 Å². The van der Waals surface area contributed by atoms with Gasteiger partial charge in [-0.2, -0.15) is 9.78 Å². The third-order valence-electron chi connectivity index (χ3n) is 5.09. The summed E-state index contributed by atoms with van der Waals surface area (Å²) in [6.07, 6.45) is 5.81. The van der Waals surface area contributed by atoms with Gasteiger partial charge in [0.05, 0.1) is 36.0 Å². The lowest BCUT2D eigenvalue weighted by atomic mass is 10.2. The van der Waals surface area contributed by atoms with Crippen LogP contribution < -0.4 is 10.1 Å². The van der Waals surface area contributed by atoms with Crippen LogP contribution in [0, 0.1) is 0 Å². The largest absolute Gasteiger partial charge is 0.469 e. The molecule has 4 heterocycles. The van der Waals surface area contributed by atoms with Crippen LogP contribution in [-0.2, 0) is 4.74 Å². The number of anilines is 1. The number of hydrogen-bond donors (Lipinski definition) is 1. The standard InChI is InChI=1S/C24H27ClN8O3/c1-15(2)35-13-17(11-28-20-8-7-16(10-27-20)24(34)32(3)4)36-23-18-12-31-33(21(18)29-14-30-23)22-19(25)6-5-9-26-22/h5-10,12,14-15,17H,11,13H2,1-4H3,(H,27,28)/t17-/m0/s1. The molecule has 0 radical (unpaired) electrons. The van der Waals surface area contributed by atoms with Gasteiger partial charge in [0, 0.05) is 26.5 Å². The van der Waals surface area contributed by atoms with E-state index in [0.717, 1.165) is 0 Å². The lowest BCUT2D eigenvalue weighted by Gasteiger charge is -2.21. The minimum Gasteiger partial charge on any atom is -0.469 e. The Labute approximate surface area is 213 Å². The predicted octanol–water partition coefficient (Wildman–Crippen LogP) is 3.25. The number of rotatable bonds is 10. The summed E-state index contributed by atoms with van der Waals surface area (Å²) in [5, 5.41) is 8.69. The Kier molecular flexibility index (Phi) is 7.91. The molecule has 11 nitrogen and oxygen atoms in total. The Hall–Kier alpha value is -3.83. The molecule has 0 aliphatic rings. The topological polar surface area (TPSA) is 120 Å². The number of carbonyl (C=O) groups excluding carboxylic acids is 1. The molecule has 4 aromatic rings. The van der Waals surface area contributed by atoms with E-state index in [4.69, 9.17) is 21.1 Å². The molecule has 0 aliphatic carbocycles. The molecule has 0 bridgehead atoms. The number of fused-ring (bicyclic) bond motifs is 1. The van der Waals surface area contributed by atoms with Crippen molar-refractivity contribution in [3.05, 3.63) is 59.8 Å². The van der Waals surface area contributed by atoms with Crippen molar-refractivity contribution in [1.29, 1.82) is 0 Å². The highest BCUT2D eigenvalue weighted by Gasteiger charge is 2.19. The lowest BCUT2D eigenvalue weighted by molar-refractivity contribution is 0.0200. The first-order chi connectivity index (χ1) is 17.3. The number of hydrogen-bond acceptors (Lipinski definition) is 9. The summed E-state index contributed by atoms with van der Waals surface area (Å²) in [4.78, 5) is 30.9. The molecular weight excluding hydrogens is 484 g/mol. The molecule has 1 atom stereocenters. The van der Waals surface area contributed by atoms with Crippen molar-refractivity contribution in [2.45, 2.75) is 26.1 Å². The summed E-state index contributed by atoms with van der Waals surface area (Å²) < 4.78 is 13.6. The molecule has 0 saturated heterocycles. The van der Waals surface area contributed by atoms with Crippen molar-refractivity contribution < 1.29 is 14.3 Å². The van der Waals surface area contributed by atoms with E-state index in [1.54, 1.807) is 55.4 Å². The van der Waals surface area contributed by atoms with Gasteiger partial charge >= 0.3 is 0 Å². The van der Waals surface area contributed by atoms with Crippen molar-refractivity contribution >= 4 is 34.4 Å². The SMILES string of the molecule is CC(C)OC[C@H](CNc1ccc(C(=O)N(C)C)cn1)Oc1ncnc2c1cnn2-c1ncccc1Cl. The van der Waals surface area contributed by atoms with Crippen LogP contribution in [0.4, 0.5) is 5.82 Å². The maximum atomic E-state index is 12.1. The van der Waals surface area contributed by atoms with E-state index < -0.39 is 6.10 Å². The van der Waals surface area contributed by atoms with Crippen LogP contribution in [0.25, 0.3) is 16.9 Å². The third kappa shape index (κ3) is 5.86. The van der Waals surface area contributed by atoms with Gasteiger partial charge < -0.3 is 19.7 Å². The van der Waals surface area contributed by atoms with E-state index in [-0.39, 0.29) is 12.0 Å². The summed E-state index contributed by atoms with van der Waals surface area (Å²) in [6, 6.07) is 6.96. The van der Waals surface area contributed by atoms with Gasteiger partial charge in [-0.25, -0.2) is 19.9 Å². The molecule has 1 N–H and O–H groups in total. The highest BCUT2D eigenvalue weighted by molar-refractivity contribution is 6.32. The minimum atomic E-state index is -0.405. The molecule has 1 amide bonds. The second kappa shape index (κ2) is 11.3. The smallest absolute Gasteiger partial charge is 0.254 e. The summed E-state index contributed by atoms with van der Waals surface area (Å²) in [6.45, 7) is 4.60. The Morgan fingerprint density at radius 3 is 2.67 bits per heavy atom. The second-order valence-electron chi connectivity index (χ2n) is 8.42. The number of ether oxygens (including phenoxy) is 2. The fourth-order valence-corrected chi connectivity index (χ4v) is 3.50. The number of halogens is 1. The minimum absolute atomic E-state index is 0.0185. The molecule has 36 heavy (non-hydrogen) atoms. The van der Waals surface area contributed by atoms with E-state index in [1.807, 2.05) is 13.8 Å². The molecule has 0 spiro atoms. The molecule has 0 saturated carbocycles. The monoisotopic (exact) mass is 510 g/mol.